The Morgan fingerprint density at radius 2 is 2.36 bits per heavy atom. The molecule has 1 saturated heterocycles. The molecule has 1 atom stereocenters. The van der Waals surface area contributed by atoms with Crippen LogP contribution in [0.3, 0.4) is 0 Å². The Bertz CT molecular complexity index is 106. The average Bonchev–Trinajstić information content (AvgIpc) is 2.38. The van der Waals surface area contributed by atoms with Gasteiger partial charge in [0.15, 0.2) is 0 Å². The Hall–Kier alpha value is -0.0800. The van der Waals surface area contributed by atoms with Gasteiger partial charge in [0.2, 0.25) is 0 Å². The monoisotopic (exact) mass is 156 g/mol. The highest BCUT2D eigenvalue weighted by molar-refractivity contribution is 4.90. The van der Waals surface area contributed by atoms with E-state index in [9.17, 15) is 0 Å². The van der Waals surface area contributed by atoms with Crippen LogP contribution in [-0.4, -0.2) is 25.2 Å². The van der Waals surface area contributed by atoms with E-state index in [0.29, 0.717) is 5.54 Å². The molecule has 1 unspecified atom stereocenters. The molecule has 1 fully saturated rings. The van der Waals surface area contributed by atoms with Crippen LogP contribution in [0.25, 0.3) is 0 Å². The van der Waals surface area contributed by atoms with Gasteiger partial charge in [-0.2, -0.15) is 0 Å². The van der Waals surface area contributed by atoms with Crippen molar-refractivity contribution in [1.29, 1.82) is 0 Å². The Morgan fingerprint density at radius 1 is 1.55 bits per heavy atom. The molecule has 0 bridgehead atoms. The van der Waals surface area contributed by atoms with E-state index in [-0.39, 0.29) is 0 Å². The summed E-state index contributed by atoms with van der Waals surface area (Å²) in [5, 5.41) is 6.98. The van der Waals surface area contributed by atoms with Gasteiger partial charge in [0.05, 0.1) is 0 Å². The van der Waals surface area contributed by atoms with Crippen molar-refractivity contribution in [1.82, 2.24) is 10.6 Å². The van der Waals surface area contributed by atoms with Crippen molar-refractivity contribution in [2.24, 2.45) is 0 Å². The molecule has 66 valence electrons. The quantitative estimate of drug-likeness (QED) is 0.596. The minimum Gasteiger partial charge on any atom is -0.315 e. The SMILES string of the molecule is CCCNCC1(C)CCCN1. The molecule has 0 aromatic rings. The van der Waals surface area contributed by atoms with E-state index in [4.69, 9.17) is 0 Å². The third-order valence-electron chi connectivity index (χ3n) is 2.40. The molecule has 1 aliphatic heterocycles. The van der Waals surface area contributed by atoms with Crippen molar-refractivity contribution >= 4 is 0 Å². The van der Waals surface area contributed by atoms with Gasteiger partial charge in [-0.25, -0.2) is 0 Å². The Labute approximate surface area is 69.8 Å². The summed E-state index contributed by atoms with van der Waals surface area (Å²) in [5.74, 6) is 0. The summed E-state index contributed by atoms with van der Waals surface area (Å²) in [5.41, 5.74) is 0.384. The van der Waals surface area contributed by atoms with Crippen LogP contribution in [0.15, 0.2) is 0 Å². The second-order valence-corrected chi connectivity index (χ2v) is 3.77. The van der Waals surface area contributed by atoms with Crippen LogP contribution < -0.4 is 10.6 Å². The lowest BCUT2D eigenvalue weighted by atomic mass is 10.0. The standard InChI is InChI=1S/C9H20N2/c1-3-6-10-8-9(2)5-4-7-11-9/h10-11H,3-8H2,1-2H3. The summed E-state index contributed by atoms with van der Waals surface area (Å²) < 4.78 is 0. The zero-order chi connectivity index (χ0) is 8.16. The van der Waals surface area contributed by atoms with Gasteiger partial charge in [-0.15, -0.1) is 0 Å². The van der Waals surface area contributed by atoms with Crippen LogP contribution >= 0.6 is 0 Å². The second kappa shape index (κ2) is 4.07. The maximum Gasteiger partial charge on any atom is 0.0278 e. The van der Waals surface area contributed by atoms with Gasteiger partial charge in [-0.1, -0.05) is 6.92 Å². The molecule has 0 saturated carbocycles. The molecule has 1 rings (SSSR count). The van der Waals surface area contributed by atoms with Crippen LogP contribution in [0, 0.1) is 0 Å². The van der Waals surface area contributed by atoms with Crippen molar-refractivity contribution < 1.29 is 0 Å². The summed E-state index contributed by atoms with van der Waals surface area (Å²) in [4.78, 5) is 0. The fourth-order valence-corrected chi connectivity index (χ4v) is 1.65. The molecule has 0 aromatic carbocycles. The zero-order valence-electron chi connectivity index (χ0n) is 7.74. The van der Waals surface area contributed by atoms with Gasteiger partial charge >= 0.3 is 0 Å². The van der Waals surface area contributed by atoms with Crippen molar-refractivity contribution in [2.45, 2.75) is 38.6 Å². The molecule has 11 heavy (non-hydrogen) atoms. The molecule has 0 aromatic heterocycles. The van der Waals surface area contributed by atoms with Gasteiger partial charge in [0, 0.05) is 12.1 Å². The third kappa shape index (κ3) is 2.80. The van der Waals surface area contributed by atoms with Crippen LogP contribution in [0.1, 0.15) is 33.1 Å². The number of nitrogens with one attached hydrogen (secondary N) is 2. The molecule has 0 amide bonds. The lowest BCUT2D eigenvalue weighted by Crippen LogP contribution is -2.45. The van der Waals surface area contributed by atoms with Crippen LogP contribution in [0.5, 0.6) is 0 Å². The van der Waals surface area contributed by atoms with E-state index in [0.717, 1.165) is 13.1 Å². The number of hydrogen-bond donors (Lipinski definition) is 2. The van der Waals surface area contributed by atoms with Gasteiger partial charge in [0.25, 0.3) is 0 Å². The minimum absolute atomic E-state index is 0.384. The van der Waals surface area contributed by atoms with E-state index in [2.05, 4.69) is 24.5 Å². The Kier molecular flexibility index (Phi) is 3.34. The van der Waals surface area contributed by atoms with E-state index in [1.807, 2.05) is 0 Å². The maximum absolute atomic E-state index is 3.53. The lowest BCUT2D eigenvalue weighted by Gasteiger charge is -2.24. The van der Waals surface area contributed by atoms with Gasteiger partial charge in [0.1, 0.15) is 0 Å². The maximum atomic E-state index is 3.53. The van der Waals surface area contributed by atoms with Crippen LogP contribution in [-0.2, 0) is 0 Å². The second-order valence-electron chi connectivity index (χ2n) is 3.77. The van der Waals surface area contributed by atoms with Crippen molar-refractivity contribution in [3.8, 4) is 0 Å². The molecular formula is C9H20N2. The fourth-order valence-electron chi connectivity index (χ4n) is 1.65. The van der Waals surface area contributed by atoms with Crippen molar-refractivity contribution in [2.75, 3.05) is 19.6 Å². The van der Waals surface area contributed by atoms with Crippen molar-refractivity contribution in [3.05, 3.63) is 0 Å². The van der Waals surface area contributed by atoms with Crippen molar-refractivity contribution in [3.63, 3.8) is 0 Å². The Balaban J connectivity index is 2.13. The van der Waals surface area contributed by atoms with Crippen LogP contribution in [0.2, 0.25) is 0 Å². The van der Waals surface area contributed by atoms with Gasteiger partial charge in [-0.3, -0.25) is 0 Å². The van der Waals surface area contributed by atoms with Gasteiger partial charge in [-0.05, 0) is 39.3 Å². The summed E-state index contributed by atoms with van der Waals surface area (Å²) >= 11 is 0. The normalized spacial score (nSPS) is 31.1. The minimum atomic E-state index is 0.384. The van der Waals surface area contributed by atoms with Crippen LogP contribution in [0.4, 0.5) is 0 Å². The molecule has 0 radical (unpaired) electrons. The number of rotatable bonds is 4. The van der Waals surface area contributed by atoms with E-state index < -0.39 is 0 Å². The zero-order valence-corrected chi connectivity index (χ0v) is 7.74. The van der Waals surface area contributed by atoms with E-state index in [1.54, 1.807) is 0 Å². The predicted molar refractivity (Wildman–Crippen MR) is 48.8 cm³/mol. The molecule has 2 heteroatoms. The highest BCUT2D eigenvalue weighted by Gasteiger charge is 2.26. The summed E-state index contributed by atoms with van der Waals surface area (Å²) in [6.45, 7) is 7.99. The molecule has 0 aliphatic carbocycles. The highest BCUT2D eigenvalue weighted by Crippen LogP contribution is 2.16. The summed E-state index contributed by atoms with van der Waals surface area (Å²) in [6, 6.07) is 0. The first-order valence-corrected chi connectivity index (χ1v) is 4.72. The van der Waals surface area contributed by atoms with E-state index in [1.165, 1.54) is 25.8 Å². The largest absolute Gasteiger partial charge is 0.315 e. The average molecular weight is 156 g/mol. The Morgan fingerprint density at radius 3 is 2.91 bits per heavy atom. The summed E-state index contributed by atoms with van der Waals surface area (Å²) in [6.07, 6.45) is 3.89. The third-order valence-corrected chi connectivity index (χ3v) is 2.40. The lowest BCUT2D eigenvalue weighted by molar-refractivity contribution is 0.386. The molecular weight excluding hydrogens is 136 g/mol. The molecule has 1 heterocycles. The predicted octanol–water partition coefficient (Wildman–Crippen LogP) is 1.13. The first-order chi connectivity index (χ1) is 5.27. The number of hydrogen-bond acceptors (Lipinski definition) is 2. The molecule has 2 nitrogen and oxygen atoms in total. The smallest absolute Gasteiger partial charge is 0.0278 e. The molecule has 1 aliphatic rings. The first-order valence-electron chi connectivity index (χ1n) is 4.72. The summed E-state index contributed by atoms with van der Waals surface area (Å²) in [7, 11) is 0. The topological polar surface area (TPSA) is 24.1 Å². The highest BCUT2D eigenvalue weighted by atomic mass is 15.0. The fraction of sp³-hybridized carbons (Fsp3) is 1.00. The van der Waals surface area contributed by atoms with E-state index >= 15 is 0 Å². The molecule has 0 spiro atoms. The van der Waals surface area contributed by atoms with Gasteiger partial charge < -0.3 is 10.6 Å². The first kappa shape index (κ1) is 9.01. The molecule has 2 N–H and O–H groups in total.